The first kappa shape index (κ1) is 20.1. The lowest BCUT2D eigenvalue weighted by Crippen LogP contribution is -1.89. The Bertz CT molecular complexity index is 1520. The highest BCUT2D eigenvalue weighted by atomic mass is 14.7. The van der Waals surface area contributed by atoms with Crippen molar-refractivity contribution in [3.63, 3.8) is 0 Å². The minimum Gasteiger partial charge on any atom is -0.256 e. The number of aromatic nitrogens is 1. The molecule has 34 heavy (non-hydrogen) atoms. The van der Waals surface area contributed by atoms with Gasteiger partial charge in [-0.25, -0.2) is 0 Å². The highest BCUT2D eigenvalue weighted by Crippen LogP contribution is 2.35. The molecule has 1 heterocycles. The van der Waals surface area contributed by atoms with E-state index in [4.69, 9.17) is 4.98 Å². The highest BCUT2D eigenvalue weighted by Gasteiger charge is 2.10. The third kappa shape index (κ3) is 3.89. The van der Waals surface area contributed by atoms with Gasteiger partial charge >= 0.3 is 0 Å². The SMILES string of the molecule is c1ccc(-c2cc(-c3ccccc3)cc(-c3cccc(-c4nccc5ccccc45)c3)c2)cc1. The summed E-state index contributed by atoms with van der Waals surface area (Å²) in [6, 6.07) is 47.3. The molecule has 0 saturated carbocycles. The fraction of sp³-hybridized carbons (Fsp3) is 0. The van der Waals surface area contributed by atoms with E-state index in [1.165, 1.54) is 44.2 Å². The van der Waals surface area contributed by atoms with Crippen LogP contribution in [0.3, 0.4) is 0 Å². The highest BCUT2D eigenvalue weighted by molar-refractivity contribution is 5.95. The van der Waals surface area contributed by atoms with E-state index in [0.717, 1.165) is 11.3 Å². The molecule has 5 aromatic carbocycles. The minimum atomic E-state index is 1.02. The second kappa shape index (κ2) is 8.80. The van der Waals surface area contributed by atoms with Gasteiger partial charge in [-0.05, 0) is 69.1 Å². The van der Waals surface area contributed by atoms with Gasteiger partial charge < -0.3 is 0 Å². The second-order valence-electron chi connectivity index (χ2n) is 8.49. The van der Waals surface area contributed by atoms with Crippen molar-refractivity contribution in [2.45, 2.75) is 0 Å². The van der Waals surface area contributed by atoms with Crippen LogP contribution in [0.2, 0.25) is 0 Å². The van der Waals surface area contributed by atoms with Crippen molar-refractivity contribution in [3.8, 4) is 44.6 Å². The fourth-order valence-electron chi connectivity index (χ4n) is 4.58. The molecule has 160 valence electrons. The van der Waals surface area contributed by atoms with E-state index in [9.17, 15) is 0 Å². The summed E-state index contributed by atoms with van der Waals surface area (Å²) in [5, 5.41) is 2.38. The number of pyridine rings is 1. The zero-order chi connectivity index (χ0) is 22.7. The summed E-state index contributed by atoms with van der Waals surface area (Å²) < 4.78 is 0. The number of benzene rings is 5. The van der Waals surface area contributed by atoms with Gasteiger partial charge in [-0.3, -0.25) is 4.98 Å². The number of fused-ring (bicyclic) bond motifs is 1. The molecular formula is C33H23N. The Morgan fingerprint density at radius 3 is 1.53 bits per heavy atom. The summed E-state index contributed by atoms with van der Waals surface area (Å²) in [5.41, 5.74) is 9.38. The van der Waals surface area contributed by atoms with Crippen molar-refractivity contribution >= 4 is 10.8 Å². The lowest BCUT2D eigenvalue weighted by atomic mass is 9.92. The van der Waals surface area contributed by atoms with Gasteiger partial charge in [0.15, 0.2) is 0 Å². The van der Waals surface area contributed by atoms with Crippen LogP contribution in [0.15, 0.2) is 140 Å². The van der Waals surface area contributed by atoms with Crippen LogP contribution in [0, 0.1) is 0 Å². The Kier molecular flexibility index (Phi) is 5.21. The first-order chi connectivity index (χ1) is 16.8. The largest absolute Gasteiger partial charge is 0.256 e. The minimum absolute atomic E-state index is 1.02. The Labute approximate surface area is 200 Å². The molecule has 6 rings (SSSR count). The van der Waals surface area contributed by atoms with Crippen LogP contribution in [-0.2, 0) is 0 Å². The summed E-state index contributed by atoms with van der Waals surface area (Å²) in [4.78, 5) is 4.74. The van der Waals surface area contributed by atoms with Crippen molar-refractivity contribution in [2.75, 3.05) is 0 Å². The Morgan fingerprint density at radius 1 is 0.353 bits per heavy atom. The van der Waals surface area contributed by atoms with E-state index in [2.05, 4.69) is 133 Å². The van der Waals surface area contributed by atoms with Crippen LogP contribution in [0.25, 0.3) is 55.4 Å². The van der Waals surface area contributed by atoms with Gasteiger partial charge in [-0.2, -0.15) is 0 Å². The average Bonchev–Trinajstić information content (AvgIpc) is 2.93. The number of rotatable bonds is 4. The first-order valence-electron chi connectivity index (χ1n) is 11.6. The predicted molar refractivity (Wildman–Crippen MR) is 143 cm³/mol. The van der Waals surface area contributed by atoms with E-state index in [0.29, 0.717) is 0 Å². The van der Waals surface area contributed by atoms with E-state index in [1.54, 1.807) is 0 Å². The monoisotopic (exact) mass is 433 g/mol. The number of hydrogen-bond donors (Lipinski definition) is 0. The molecule has 0 saturated heterocycles. The molecule has 1 heteroatoms. The molecule has 0 amide bonds. The Balaban J connectivity index is 1.52. The van der Waals surface area contributed by atoms with Crippen LogP contribution >= 0.6 is 0 Å². The first-order valence-corrected chi connectivity index (χ1v) is 11.6. The molecule has 6 aromatic rings. The third-order valence-corrected chi connectivity index (χ3v) is 6.29. The standard InChI is InChI=1S/C33H23N/c1-3-10-24(11-4-1)29-21-30(25-12-5-2-6-13-25)23-31(22-29)27-15-9-16-28(20-27)33-32-17-8-7-14-26(32)18-19-34-33/h1-23H. The van der Waals surface area contributed by atoms with Crippen LogP contribution in [-0.4, -0.2) is 4.98 Å². The van der Waals surface area contributed by atoms with Gasteiger partial charge in [0.2, 0.25) is 0 Å². The lowest BCUT2D eigenvalue weighted by molar-refractivity contribution is 1.36. The van der Waals surface area contributed by atoms with E-state index in [-0.39, 0.29) is 0 Å². The molecule has 0 N–H and O–H groups in total. The van der Waals surface area contributed by atoms with Crippen LogP contribution < -0.4 is 0 Å². The van der Waals surface area contributed by atoms with Crippen LogP contribution in [0.5, 0.6) is 0 Å². The smallest absolute Gasteiger partial charge is 0.0780 e. The maximum Gasteiger partial charge on any atom is 0.0780 e. The van der Waals surface area contributed by atoms with Gasteiger partial charge in [0, 0.05) is 17.1 Å². The molecule has 0 unspecified atom stereocenters. The van der Waals surface area contributed by atoms with Gasteiger partial charge in [0.1, 0.15) is 0 Å². The van der Waals surface area contributed by atoms with E-state index < -0.39 is 0 Å². The molecule has 0 radical (unpaired) electrons. The summed E-state index contributed by atoms with van der Waals surface area (Å²) in [6.07, 6.45) is 1.90. The molecule has 1 aromatic heterocycles. The molecule has 0 aliphatic carbocycles. The fourth-order valence-corrected chi connectivity index (χ4v) is 4.58. The topological polar surface area (TPSA) is 12.9 Å². The Morgan fingerprint density at radius 2 is 0.853 bits per heavy atom. The summed E-state index contributed by atoms with van der Waals surface area (Å²) >= 11 is 0. The van der Waals surface area contributed by atoms with Crippen molar-refractivity contribution in [1.29, 1.82) is 0 Å². The molecule has 0 aliphatic heterocycles. The number of hydrogen-bond acceptors (Lipinski definition) is 1. The molecule has 1 nitrogen and oxygen atoms in total. The molecule has 0 fully saturated rings. The predicted octanol–water partition coefficient (Wildman–Crippen LogP) is 8.90. The average molecular weight is 434 g/mol. The number of nitrogens with zero attached hydrogens (tertiary/aromatic N) is 1. The van der Waals surface area contributed by atoms with Gasteiger partial charge in [0.05, 0.1) is 5.69 Å². The molecule has 0 spiro atoms. The molecular weight excluding hydrogens is 410 g/mol. The van der Waals surface area contributed by atoms with Crippen molar-refractivity contribution in [2.24, 2.45) is 0 Å². The van der Waals surface area contributed by atoms with E-state index in [1.807, 2.05) is 6.20 Å². The van der Waals surface area contributed by atoms with Gasteiger partial charge in [0.25, 0.3) is 0 Å². The summed E-state index contributed by atoms with van der Waals surface area (Å²) in [5.74, 6) is 0. The summed E-state index contributed by atoms with van der Waals surface area (Å²) in [7, 11) is 0. The molecule has 0 atom stereocenters. The summed E-state index contributed by atoms with van der Waals surface area (Å²) in [6.45, 7) is 0. The van der Waals surface area contributed by atoms with Gasteiger partial charge in [-0.1, -0.05) is 103 Å². The van der Waals surface area contributed by atoms with Crippen LogP contribution in [0.1, 0.15) is 0 Å². The quantitative estimate of drug-likeness (QED) is 0.270. The molecule has 0 bridgehead atoms. The van der Waals surface area contributed by atoms with Crippen molar-refractivity contribution in [3.05, 3.63) is 140 Å². The zero-order valence-electron chi connectivity index (χ0n) is 18.7. The third-order valence-electron chi connectivity index (χ3n) is 6.29. The van der Waals surface area contributed by atoms with Crippen LogP contribution in [0.4, 0.5) is 0 Å². The Hall–Kier alpha value is -4.49. The van der Waals surface area contributed by atoms with Crippen molar-refractivity contribution < 1.29 is 0 Å². The maximum atomic E-state index is 4.74. The maximum absolute atomic E-state index is 4.74. The zero-order valence-corrected chi connectivity index (χ0v) is 18.7. The van der Waals surface area contributed by atoms with Gasteiger partial charge in [-0.15, -0.1) is 0 Å². The lowest BCUT2D eigenvalue weighted by Gasteiger charge is -2.13. The second-order valence-corrected chi connectivity index (χ2v) is 8.49. The van der Waals surface area contributed by atoms with Crippen molar-refractivity contribution in [1.82, 2.24) is 4.98 Å². The van der Waals surface area contributed by atoms with E-state index >= 15 is 0 Å². The molecule has 0 aliphatic rings. The normalized spacial score (nSPS) is 10.9.